The Hall–Kier alpha value is -3.13. The molecule has 3 rings (SSSR count). The average molecular weight is 342 g/mol. The molecule has 0 aliphatic heterocycles. The van der Waals surface area contributed by atoms with Gasteiger partial charge in [-0.2, -0.15) is 5.10 Å². The molecule has 1 heterocycles. The van der Waals surface area contributed by atoms with Gasteiger partial charge in [-0.3, -0.25) is 15.5 Å². The standard InChI is InChI=1S/C16H11FN4O2S/c17-13-5-1-11(2-6-13)9-18-20-16-19-15(10-24-16)12-3-7-14(8-4-12)21(22)23/h1-10H,(H,19,20)/b18-9+. The summed E-state index contributed by atoms with van der Waals surface area (Å²) < 4.78 is 12.8. The number of thiazole rings is 1. The maximum Gasteiger partial charge on any atom is 0.269 e. The van der Waals surface area contributed by atoms with Gasteiger partial charge in [0.2, 0.25) is 5.13 Å². The summed E-state index contributed by atoms with van der Waals surface area (Å²) in [5, 5.41) is 17.1. The molecule has 6 nitrogen and oxygen atoms in total. The zero-order chi connectivity index (χ0) is 16.9. The summed E-state index contributed by atoms with van der Waals surface area (Å²) in [6, 6.07) is 12.1. The van der Waals surface area contributed by atoms with Gasteiger partial charge < -0.3 is 0 Å². The molecular weight excluding hydrogens is 331 g/mol. The van der Waals surface area contributed by atoms with Crippen LogP contribution < -0.4 is 5.43 Å². The molecule has 8 heteroatoms. The lowest BCUT2D eigenvalue weighted by atomic mass is 10.1. The first-order valence-electron chi connectivity index (χ1n) is 6.87. The summed E-state index contributed by atoms with van der Waals surface area (Å²) in [6.45, 7) is 0. The van der Waals surface area contributed by atoms with Gasteiger partial charge in [0.25, 0.3) is 5.69 Å². The van der Waals surface area contributed by atoms with Crippen molar-refractivity contribution in [1.29, 1.82) is 0 Å². The molecule has 0 saturated carbocycles. The number of nitrogens with zero attached hydrogens (tertiary/aromatic N) is 3. The van der Waals surface area contributed by atoms with Crippen LogP contribution in [-0.4, -0.2) is 16.1 Å². The van der Waals surface area contributed by atoms with Crippen LogP contribution in [0.5, 0.6) is 0 Å². The quantitative estimate of drug-likeness (QED) is 0.426. The topological polar surface area (TPSA) is 80.4 Å². The zero-order valence-electron chi connectivity index (χ0n) is 12.2. The number of nitro benzene ring substituents is 1. The Morgan fingerprint density at radius 2 is 1.88 bits per heavy atom. The molecule has 2 aromatic carbocycles. The predicted octanol–water partition coefficient (Wildman–Crippen LogP) is 4.30. The molecule has 0 aliphatic carbocycles. The summed E-state index contributed by atoms with van der Waals surface area (Å²) in [5.74, 6) is -0.298. The van der Waals surface area contributed by atoms with E-state index in [1.54, 1.807) is 30.5 Å². The second-order valence-electron chi connectivity index (χ2n) is 4.76. The van der Waals surface area contributed by atoms with Crippen molar-refractivity contribution in [3.05, 3.63) is 75.4 Å². The van der Waals surface area contributed by atoms with Crippen LogP contribution in [0.3, 0.4) is 0 Å². The Morgan fingerprint density at radius 1 is 1.17 bits per heavy atom. The maximum absolute atomic E-state index is 12.8. The second-order valence-corrected chi connectivity index (χ2v) is 5.62. The Kier molecular flexibility index (Phi) is 4.57. The van der Waals surface area contributed by atoms with E-state index in [-0.39, 0.29) is 11.5 Å². The van der Waals surface area contributed by atoms with Crippen LogP contribution in [0.15, 0.2) is 59.0 Å². The highest BCUT2D eigenvalue weighted by atomic mass is 32.1. The summed E-state index contributed by atoms with van der Waals surface area (Å²) >= 11 is 1.36. The lowest BCUT2D eigenvalue weighted by Gasteiger charge is -1.96. The zero-order valence-corrected chi connectivity index (χ0v) is 13.0. The molecule has 120 valence electrons. The van der Waals surface area contributed by atoms with E-state index in [1.807, 2.05) is 5.38 Å². The fourth-order valence-electron chi connectivity index (χ4n) is 1.92. The van der Waals surface area contributed by atoms with Crippen molar-refractivity contribution in [1.82, 2.24) is 4.98 Å². The van der Waals surface area contributed by atoms with Crippen LogP contribution in [0.25, 0.3) is 11.3 Å². The molecule has 0 fully saturated rings. The van der Waals surface area contributed by atoms with Crippen molar-refractivity contribution >= 4 is 28.4 Å². The molecule has 0 spiro atoms. The van der Waals surface area contributed by atoms with Gasteiger partial charge in [0, 0.05) is 23.1 Å². The van der Waals surface area contributed by atoms with Gasteiger partial charge in [0.05, 0.1) is 16.8 Å². The van der Waals surface area contributed by atoms with Gasteiger partial charge in [-0.25, -0.2) is 9.37 Å². The molecule has 24 heavy (non-hydrogen) atoms. The molecule has 0 aliphatic rings. The molecule has 1 N–H and O–H groups in total. The van der Waals surface area contributed by atoms with Crippen LogP contribution in [0.2, 0.25) is 0 Å². The molecular formula is C16H11FN4O2S. The first-order valence-corrected chi connectivity index (χ1v) is 7.75. The van der Waals surface area contributed by atoms with Gasteiger partial charge in [-0.1, -0.05) is 12.1 Å². The Morgan fingerprint density at radius 3 is 2.54 bits per heavy atom. The number of hydrogen-bond acceptors (Lipinski definition) is 6. The van der Waals surface area contributed by atoms with E-state index in [1.165, 1.54) is 35.6 Å². The SMILES string of the molecule is O=[N+]([O-])c1ccc(-c2csc(N/N=C/c3ccc(F)cc3)n2)cc1. The number of non-ortho nitro benzene ring substituents is 1. The van der Waals surface area contributed by atoms with Gasteiger partial charge in [-0.05, 0) is 29.8 Å². The van der Waals surface area contributed by atoms with Crippen molar-refractivity contribution in [2.75, 3.05) is 5.43 Å². The molecule has 3 aromatic rings. The third kappa shape index (κ3) is 3.79. The molecule has 0 bridgehead atoms. The molecule has 0 saturated heterocycles. The van der Waals surface area contributed by atoms with Gasteiger partial charge >= 0.3 is 0 Å². The number of nitrogens with one attached hydrogen (secondary N) is 1. The predicted molar refractivity (Wildman–Crippen MR) is 91.8 cm³/mol. The first-order chi connectivity index (χ1) is 11.6. The highest BCUT2D eigenvalue weighted by molar-refractivity contribution is 7.14. The van der Waals surface area contributed by atoms with Crippen LogP contribution in [0, 0.1) is 15.9 Å². The van der Waals surface area contributed by atoms with E-state index in [0.717, 1.165) is 11.1 Å². The minimum atomic E-state index is -0.442. The number of aromatic nitrogens is 1. The Balaban J connectivity index is 1.67. The fourth-order valence-corrected chi connectivity index (χ4v) is 2.59. The number of nitro groups is 1. The number of halogens is 1. The number of hydrogen-bond donors (Lipinski definition) is 1. The van der Waals surface area contributed by atoms with E-state index in [2.05, 4.69) is 15.5 Å². The Bertz CT molecular complexity index is 876. The molecule has 0 atom stereocenters. The highest BCUT2D eigenvalue weighted by Gasteiger charge is 2.07. The highest BCUT2D eigenvalue weighted by Crippen LogP contribution is 2.26. The summed E-state index contributed by atoms with van der Waals surface area (Å²) in [6.07, 6.45) is 1.56. The molecule has 0 unspecified atom stereocenters. The van der Waals surface area contributed by atoms with Crippen molar-refractivity contribution in [2.45, 2.75) is 0 Å². The third-order valence-electron chi connectivity index (χ3n) is 3.12. The second kappa shape index (κ2) is 6.97. The van der Waals surface area contributed by atoms with Crippen LogP contribution in [0.1, 0.15) is 5.56 Å². The first kappa shape index (κ1) is 15.8. The van der Waals surface area contributed by atoms with Crippen LogP contribution >= 0.6 is 11.3 Å². The normalized spacial score (nSPS) is 10.9. The Labute approximate surface area is 140 Å². The number of hydrazone groups is 1. The summed E-state index contributed by atoms with van der Waals surface area (Å²) in [7, 11) is 0. The number of anilines is 1. The number of benzene rings is 2. The number of rotatable bonds is 5. The average Bonchev–Trinajstić information content (AvgIpc) is 3.06. The minimum absolute atomic E-state index is 0.0382. The molecule has 1 aromatic heterocycles. The smallest absolute Gasteiger partial charge is 0.258 e. The van der Waals surface area contributed by atoms with Crippen molar-refractivity contribution < 1.29 is 9.31 Å². The minimum Gasteiger partial charge on any atom is -0.258 e. The van der Waals surface area contributed by atoms with Crippen molar-refractivity contribution in [3.63, 3.8) is 0 Å². The van der Waals surface area contributed by atoms with Crippen LogP contribution in [0.4, 0.5) is 15.2 Å². The van der Waals surface area contributed by atoms with Gasteiger partial charge in [0.15, 0.2) is 0 Å². The van der Waals surface area contributed by atoms with E-state index < -0.39 is 4.92 Å². The van der Waals surface area contributed by atoms with Gasteiger partial charge in [0.1, 0.15) is 5.82 Å². The largest absolute Gasteiger partial charge is 0.269 e. The van der Waals surface area contributed by atoms with Crippen molar-refractivity contribution in [3.8, 4) is 11.3 Å². The maximum atomic E-state index is 12.8. The monoisotopic (exact) mass is 342 g/mol. The van der Waals surface area contributed by atoms with E-state index in [9.17, 15) is 14.5 Å². The summed E-state index contributed by atoms with van der Waals surface area (Å²) in [5.41, 5.74) is 5.09. The van der Waals surface area contributed by atoms with Crippen molar-refractivity contribution in [2.24, 2.45) is 5.10 Å². The lowest BCUT2D eigenvalue weighted by molar-refractivity contribution is -0.384. The summed E-state index contributed by atoms with van der Waals surface area (Å²) in [4.78, 5) is 14.6. The van der Waals surface area contributed by atoms with E-state index in [4.69, 9.17) is 0 Å². The molecule has 0 radical (unpaired) electrons. The van der Waals surface area contributed by atoms with Gasteiger partial charge in [-0.15, -0.1) is 11.3 Å². The fraction of sp³-hybridized carbons (Fsp3) is 0. The third-order valence-corrected chi connectivity index (χ3v) is 3.87. The van der Waals surface area contributed by atoms with E-state index >= 15 is 0 Å². The van der Waals surface area contributed by atoms with E-state index in [0.29, 0.717) is 10.8 Å². The molecule has 0 amide bonds. The van der Waals surface area contributed by atoms with Crippen LogP contribution in [-0.2, 0) is 0 Å². The lowest BCUT2D eigenvalue weighted by Crippen LogP contribution is -1.90.